The molecule has 0 aliphatic carbocycles. The van der Waals surface area contributed by atoms with Crippen LogP contribution in [0.5, 0.6) is 0 Å². The topological polar surface area (TPSA) is 67.8 Å². The molecule has 0 aliphatic rings. The van der Waals surface area contributed by atoms with Crippen LogP contribution in [0.4, 0.5) is 5.69 Å². The lowest BCUT2D eigenvalue weighted by molar-refractivity contribution is -0.164. The number of aliphatic hydroxyl groups is 1. The fourth-order valence-electron chi connectivity index (χ4n) is 2.36. The summed E-state index contributed by atoms with van der Waals surface area (Å²) in [5, 5.41) is 12.5. The molecule has 6 heteroatoms. The summed E-state index contributed by atoms with van der Waals surface area (Å²) in [5.74, 6) is -0.498. The Kier molecular flexibility index (Phi) is 6.86. The van der Waals surface area contributed by atoms with Crippen molar-refractivity contribution in [2.45, 2.75) is 46.3 Å². The van der Waals surface area contributed by atoms with Crippen molar-refractivity contribution in [1.82, 2.24) is 0 Å². The third kappa shape index (κ3) is 5.09. The molecule has 1 aromatic carbocycles. The van der Waals surface area contributed by atoms with Gasteiger partial charge in [0.25, 0.3) is 0 Å². The molecular weight excluding hydrogens is 318 g/mol. The van der Waals surface area contributed by atoms with Gasteiger partial charge >= 0.3 is 5.97 Å². The fourth-order valence-corrected chi connectivity index (χ4v) is 2.82. The van der Waals surface area contributed by atoms with Crippen molar-refractivity contribution in [1.29, 1.82) is 0 Å². The summed E-state index contributed by atoms with van der Waals surface area (Å²) in [6.07, 6.45) is -0.914. The minimum atomic E-state index is -0.914. The number of esters is 1. The van der Waals surface area contributed by atoms with Crippen molar-refractivity contribution in [3.05, 3.63) is 27.8 Å². The molecule has 0 radical (unpaired) electrons. The first-order valence-corrected chi connectivity index (χ1v) is 7.90. The highest BCUT2D eigenvalue weighted by atomic mass is 35.5. The number of carbonyl (C=O) groups excluding carboxylic acids is 1. The minimum absolute atomic E-state index is 0.0160. The number of nitrogens with one attached hydrogen (secondary N) is 1. The Labute approximate surface area is 142 Å². The second kappa shape index (κ2) is 7.99. The number of carbonyl (C=O) groups is 1. The maximum absolute atomic E-state index is 12.2. The Morgan fingerprint density at radius 3 is 2.43 bits per heavy atom. The first kappa shape index (κ1) is 19.7. The van der Waals surface area contributed by atoms with Gasteiger partial charge in [0.1, 0.15) is 0 Å². The monoisotopic (exact) mass is 343 g/mol. The molecule has 0 saturated heterocycles. The van der Waals surface area contributed by atoms with Gasteiger partial charge in [0.2, 0.25) is 0 Å². The summed E-state index contributed by atoms with van der Waals surface area (Å²) >= 11 is 6.55. The average molecular weight is 344 g/mol. The molecule has 0 bridgehead atoms. The van der Waals surface area contributed by atoms with Gasteiger partial charge in [-0.3, -0.25) is 0 Å². The van der Waals surface area contributed by atoms with Crippen LogP contribution in [0, 0.1) is 13.8 Å². The SMILES string of the molecule is COC(=O)C(OC(C)(C)C)c1c(C)cc(C)c(NCCO)c1Cl. The van der Waals surface area contributed by atoms with Crippen LogP contribution in [0.3, 0.4) is 0 Å². The highest BCUT2D eigenvalue weighted by Gasteiger charge is 2.32. The number of aliphatic hydroxyl groups excluding tert-OH is 1. The zero-order valence-corrected chi connectivity index (χ0v) is 15.4. The van der Waals surface area contributed by atoms with Gasteiger partial charge in [-0.25, -0.2) is 4.79 Å². The van der Waals surface area contributed by atoms with Crippen LogP contribution in [0.25, 0.3) is 0 Å². The molecule has 1 atom stereocenters. The molecule has 0 aliphatic heterocycles. The number of methoxy groups -OCH3 is 1. The van der Waals surface area contributed by atoms with Crippen molar-refractivity contribution in [3.63, 3.8) is 0 Å². The van der Waals surface area contributed by atoms with Crippen molar-refractivity contribution in [2.24, 2.45) is 0 Å². The number of rotatable bonds is 6. The zero-order chi connectivity index (χ0) is 17.8. The van der Waals surface area contributed by atoms with Gasteiger partial charge in [-0.1, -0.05) is 17.7 Å². The molecule has 0 amide bonds. The van der Waals surface area contributed by atoms with Crippen LogP contribution < -0.4 is 5.32 Å². The van der Waals surface area contributed by atoms with Crippen molar-refractivity contribution < 1.29 is 19.4 Å². The number of benzene rings is 1. The van der Waals surface area contributed by atoms with E-state index in [9.17, 15) is 4.79 Å². The van der Waals surface area contributed by atoms with E-state index in [0.717, 1.165) is 11.1 Å². The Morgan fingerprint density at radius 2 is 1.96 bits per heavy atom. The normalized spacial score (nSPS) is 12.9. The second-order valence-corrected chi connectivity index (χ2v) is 6.77. The smallest absolute Gasteiger partial charge is 0.339 e. The van der Waals surface area contributed by atoms with Crippen LogP contribution >= 0.6 is 11.6 Å². The molecule has 1 aromatic rings. The first-order chi connectivity index (χ1) is 10.6. The van der Waals surface area contributed by atoms with Crippen LogP contribution in [0.2, 0.25) is 5.02 Å². The standard InChI is InChI=1S/C17H26ClNO4/c1-10-9-11(2)14(19-7-8-20)13(18)12(10)15(16(21)22-6)23-17(3,4)5/h9,15,19-20H,7-8H2,1-6H3. The van der Waals surface area contributed by atoms with Crippen molar-refractivity contribution >= 4 is 23.3 Å². The maximum atomic E-state index is 12.2. The second-order valence-electron chi connectivity index (χ2n) is 6.40. The maximum Gasteiger partial charge on any atom is 0.339 e. The Bertz CT molecular complexity index is 567. The van der Waals surface area contributed by atoms with Gasteiger partial charge in [0.15, 0.2) is 6.10 Å². The Hall–Kier alpha value is -1.30. The molecule has 1 rings (SSSR count). The highest BCUT2D eigenvalue weighted by Crippen LogP contribution is 2.39. The van der Waals surface area contributed by atoms with Crippen LogP contribution in [-0.2, 0) is 14.3 Å². The lowest BCUT2D eigenvalue weighted by Gasteiger charge is -2.28. The predicted molar refractivity (Wildman–Crippen MR) is 92.1 cm³/mol. The van der Waals surface area contributed by atoms with E-state index in [1.165, 1.54) is 7.11 Å². The van der Waals surface area contributed by atoms with Gasteiger partial charge in [-0.15, -0.1) is 0 Å². The van der Waals surface area contributed by atoms with Crippen LogP contribution in [0.1, 0.15) is 43.6 Å². The largest absolute Gasteiger partial charge is 0.467 e. The van der Waals surface area contributed by atoms with Gasteiger partial charge in [0.05, 0.1) is 30.0 Å². The van der Waals surface area contributed by atoms with E-state index < -0.39 is 17.7 Å². The molecule has 130 valence electrons. The van der Waals surface area contributed by atoms with E-state index in [2.05, 4.69) is 5.32 Å². The van der Waals surface area contributed by atoms with Crippen LogP contribution in [-0.4, -0.2) is 36.9 Å². The summed E-state index contributed by atoms with van der Waals surface area (Å²) < 4.78 is 10.8. The van der Waals surface area contributed by atoms with Gasteiger partial charge in [0, 0.05) is 12.1 Å². The quantitative estimate of drug-likeness (QED) is 0.775. The summed E-state index contributed by atoms with van der Waals surface area (Å²) in [6.45, 7) is 9.75. The van der Waals surface area contributed by atoms with E-state index >= 15 is 0 Å². The first-order valence-electron chi connectivity index (χ1n) is 7.52. The number of ether oxygens (including phenoxy) is 2. The summed E-state index contributed by atoms with van der Waals surface area (Å²) in [6, 6.07) is 1.93. The number of anilines is 1. The number of hydrogen-bond donors (Lipinski definition) is 2. The lowest BCUT2D eigenvalue weighted by Crippen LogP contribution is -2.29. The molecule has 1 unspecified atom stereocenters. The summed E-state index contributed by atoms with van der Waals surface area (Å²) in [7, 11) is 1.32. The van der Waals surface area contributed by atoms with E-state index in [0.29, 0.717) is 22.8 Å². The number of halogens is 1. The molecule has 0 saturated carbocycles. The average Bonchev–Trinajstić information content (AvgIpc) is 2.43. The molecule has 0 heterocycles. The molecule has 2 N–H and O–H groups in total. The molecule has 0 fully saturated rings. The molecular formula is C17H26ClNO4. The highest BCUT2D eigenvalue weighted by molar-refractivity contribution is 6.34. The van der Waals surface area contributed by atoms with E-state index in [-0.39, 0.29) is 6.61 Å². The van der Waals surface area contributed by atoms with E-state index in [4.69, 9.17) is 26.2 Å². The third-order valence-electron chi connectivity index (χ3n) is 3.27. The molecule has 23 heavy (non-hydrogen) atoms. The Balaban J connectivity index is 3.43. The van der Waals surface area contributed by atoms with E-state index in [1.54, 1.807) is 0 Å². The summed E-state index contributed by atoms with van der Waals surface area (Å²) in [5.41, 5.74) is 2.51. The third-order valence-corrected chi connectivity index (χ3v) is 3.66. The van der Waals surface area contributed by atoms with Gasteiger partial charge in [-0.05, 0) is 45.7 Å². The molecule has 0 spiro atoms. The van der Waals surface area contributed by atoms with Gasteiger partial charge < -0.3 is 19.9 Å². The summed E-state index contributed by atoms with van der Waals surface area (Å²) in [4.78, 5) is 12.2. The molecule has 5 nitrogen and oxygen atoms in total. The van der Waals surface area contributed by atoms with Crippen molar-refractivity contribution in [3.8, 4) is 0 Å². The fraction of sp³-hybridized carbons (Fsp3) is 0.588. The van der Waals surface area contributed by atoms with Crippen LogP contribution in [0.15, 0.2) is 6.07 Å². The zero-order valence-electron chi connectivity index (χ0n) is 14.6. The van der Waals surface area contributed by atoms with Crippen molar-refractivity contribution in [2.75, 3.05) is 25.6 Å². The molecule has 0 aromatic heterocycles. The van der Waals surface area contributed by atoms with Gasteiger partial charge in [-0.2, -0.15) is 0 Å². The lowest BCUT2D eigenvalue weighted by atomic mass is 9.98. The number of aryl methyl sites for hydroxylation is 2. The predicted octanol–water partition coefficient (Wildman–Crippen LogP) is 3.39. The Morgan fingerprint density at radius 1 is 1.35 bits per heavy atom. The minimum Gasteiger partial charge on any atom is -0.467 e. The number of hydrogen-bond acceptors (Lipinski definition) is 5. The van der Waals surface area contributed by atoms with E-state index in [1.807, 2.05) is 40.7 Å².